The van der Waals surface area contributed by atoms with E-state index in [1.54, 1.807) is 0 Å². The number of benzene rings is 1. The monoisotopic (exact) mass is 379 g/mol. The fraction of sp³-hybridized carbons (Fsp3) is 0.467. The maximum Gasteiger partial charge on any atom is 0.394 e. The van der Waals surface area contributed by atoms with Crippen molar-refractivity contribution in [2.75, 3.05) is 19.3 Å². The van der Waals surface area contributed by atoms with Gasteiger partial charge in [-0.2, -0.15) is 13.2 Å². The third kappa shape index (κ3) is 4.71. The van der Waals surface area contributed by atoms with Gasteiger partial charge in [0.1, 0.15) is 0 Å². The summed E-state index contributed by atoms with van der Waals surface area (Å²) < 4.78 is 61.3. The van der Waals surface area contributed by atoms with Crippen molar-refractivity contribution in [3.05, 3.63) is 35.4 Å². The van der Waals surface area contributed by atoms with Crippen LogP contribution in [0.1, 0.15) is 15.9 Å². The lowest BCUT2D eigenvalue weighted by Crippen LogP contribution is -2.34. The molecule has 1 fully saturated rings. The summed E-state index contributed by atoms with van der Waals surface area (Å²) in [6.45, 7) is -1.24. The van der Waals surface area contributed by atoms with Gasteiger partial charge in [0, 0.05) is 24.9 Å². The van der Waals surface area contributed by atoms with Crippen LogP contribution in [0.15, 0.2) is 24.3 Å². The number of aliphatic carboxylic acids is 1. The summed E-state index contributed by atoms with van der Waals surface area (Å²) in [7, 11) is -3.25. The number of carboxylic acids is 1. The Labute approximate surface area is 142 Å². The zero-order chi connectivity index (χ0) is 19.0. The Morgan fingerprint density at radius 3 is 2.16 bits per heavy atom. The molecule has 0 saturated carbocycles. The second kappa shape index (κ2) is 6.66. The van der Waals surface area contributed by atoms with Crippen molar-refractivity contribution >= 4 is 21.7 Å². The molecular weight excluding hydrogens is 363 g/mol. The Bertz CT molecular complexity index is 773. The number of amides is 1. The molecule has 1 aliphatic heterocycles. The number of hydrogen-bond donors (Lipinski definition) is 1. The van der Waals surface area contributed by atoms with E-state index in [-0.39, 0.29) is 11.3 Å². The van der Waals surface area contributed by atoms with Gasteiger partial charge in [-0.1, -0.05) is 12.1 Å². The van der Waals surface area contributed by atoms with E-state index in [1.807, 2.05) is 0 Å². The molecule has 1 heterocycles. The quantitative estimate of drug-likeness (QED) is 0.857. The van der Waals surface area contributed by atoms with Gasteiger partial charge in [-0.05, 0) is 17.7 Å². The van der Waals surface area contributed by atoms with E-state index in [2.05, 4.69) is 0 Å². The first-order valence-electron chi connectivity index (χ1n) is 7.24. The minimum absolute atomic E-state index is 0.0733. The van der Waals surface area contributed by atoms with Crippen molar-refractivity contribution in [1.82, 2.24) is 4.90 Å². The van der Waals surface area contributed by atoms with Gasteiger partial charge in [0.15, 0.2) is 9.84 Å². The number of carboxylic acid groups (broad SMARTS) is 1. The lowest BCUT2D eigenvalue weighted by atomic mass is 9.96. The molecule has 1 amide bonds. The number of halogens is 3. The van der Waals surface area contributed by atoms with Gasteiger partial charge in [0.05, 0.1) is 17.6 Å². The highest BCUT2D eigenvalue weighted by Gasteiger charge is 2.53. The molecule has 6 nitrogen and oxygen atoms in total. The lowest BCUT2D eigenvalue weighted by molar-refractivity contribution is -0.187. The highest BCUT2D eigenvalue weighted by Crippen LogP contribution is 2.38. The van der Waals surface area contributed by atoms with Crippen LogP contribution in [0.3, 0.4) is 0 Å². The van der Waals surface area contributed by atoms with Crippen LogP contribution < -0.4 is 0 Å². The zero-order valence-corrected chi connectivity index (χ0v) is 14.0. The third-order valence-electron chi connectivity index (χ3n) is 3.97. The first kappa shape index (κ1) is 19.2. The highest BCUT2D eigenvalue weighted by atomic mass is 32.2. The Morgan fingerprint density at radius 1 is 1.20 bits per heavy atom. The Hall–Kier alpha value is -2.10. The predicted molar refractivity (Wildman–Crippen MR) is 81.6 cm³/mol. The molecule has 2 rings (SSSR count). The molecule has 1 N–H and O–H groups in total. The van der Waals surface area contributed by atoms with Crippen LogP contribution in [0.2, 0.25) is 0 Å². The van der Waals surface area contributed by atoms with Gasteiger partial charge in [0.25, 0.3) is 5.91 Å². The van der Waals surface area contributed by atoms with Gasteiger partial charge in [-0.15, -0.1) is 0 Å². The summed E-state index contributed by atoms with van der Waals surface area (Å²) in [6, 6.07) is 5.44. The van der Waals surface area contributed by atoms with E-state index in [9.17, 15) is 31.2 Å². The molecule has 1 aromatic rings. The second-order valence-corrected chi connectivity index (χ2v) is 8.21. The van der Waals surface area contributed by atoms with E-state index >= 15 is 0 Å². The normalized spacial score (nSPS) is 21.4. The maximum atomic E-state index is 13.0. The number of likely N-dealkylation sites (tertiary alicyclic amines) is 1. The molecular formula is C15H16F3NO5S. The van der Waals surface area contributed by atoms with Gasteiger partial charge in [-0.25, -0.2) is 8.42 Å². The van der Waals surface area contributed by atoms with E-state index in [0.29, 0.717) is 5.56 Å². The largest absolute Gasteiger partial charge is 0.481 e. The van der Waals surface area contributed by atoms with Crippen LogP contribution >= 0.6 is 0 Å². The molecule has 138 valence electrons. The first-order chi connectivity index (χ1) is 11.4. The van der Waals surface area contributed by atoms with Crippen molar-refractivity contribution in [3.8, 4) is 0 Å². The Balaban J connectivity index is 2.17. The minimum Gasteiger partial charge on any atom is -0.481 e. The van der Waals surface area contributed by atoms with Gasteiger partial charge in [0.2, 0.25) is 0 Å². The van der Waals surface area contributed by atoms with Crippen molar-refractivity contribution in [2.45, 2.75) is 11.9 Å². The van der Waals surface area contributed by atoms with E-state index in [1.165, 1.54) is 24.3 Å². The average molecular weight is 379 g/mol. The Kier molecular flexibility index (Phi) is 5.12. The van der Waals surface area contributed by atoms with Crippen LogP contribution in [-0.2, 0) is 20.4 Å². The molecule has 1 aliphatic rings. The average Bonchev–Trinajstić information content (AvgIpc) is 2.91. The van der Waals surface area contributed by atoms with Crippen LogP contribution in [-0.4, -0.2) is 55.8 Å². The van der Waals surface area contributed by atoms with Crippen molar-refractivity contribution in [3.63, 3.8) is 0 Å². The van der Waals surface area contributed by atoms with E-state index in [0.717, 1.165) is 11.2 Å². The van der Waals surface area contributed by atoms with Crippen molar-refractivity contribution < 1.29 is 36.3 Å². The fourth-order valence-corrected chi connectivity index (χ4v) is 3.58. The highest BCUT2D eigenvalue weighted by molar-refractivity contribution is 7.89. The SMILES string of the molecule is CS(=O)(=O)Cc1ccc(C(=O)N2C[C@@H](C(F)(F)F)[C@H](C(=O)O)C2)cc1. The molecule has 10 heteroatoms. The molecule has 0 unspecified atom stereocenters. The number of alkyl halides is 3. The number of rotatable bonds is 4. The maximum absolute atomic E-state index is 13.0. The van der Waals surface area contributed by atoms with Crippen molar-refractivity contribution in [1.29, 1.82) is 0 Å². The molecule has 0 spiro atoms. The number of carbonyl (C=O) groups excluding carboxylic acids is 1. The van der Waals surface area contributed by atoms with E-state index < -0.39 is 52.8 Å². The minimum atomic E-state index is -4.71. The molecule has 0 radical (unpaired) electrons. The molecule has 0 aromatic heterocycles. The van der Waals surface area contributed by atoms with Crippen LogP contribution in [0.25, 0.3) is 0 Å². The van der Waals surface area contributed by atoms with Gasteiger partial charge in [-0.3, -0.25) is 9.59 Å². The summed E-state index contributed by atoms with van der Waals surface area (Å²) in [4.78, 5) is 24.2. The number of nitrogens with zero attached hydrogens (tertiary/aromatic N) is 1. The van der Waals surface area contributed by atoms with Crippen molar-refractivity contribution in [2.24, 2.45) is 11.8 Å². The van der Waals surface area contributed by atoms with Crippen LogP contribution in [0, 0.1) is 11.8 Å². The van der Waals surface area contributed by atoms with Gasteiger partial charge >= 0.3 is 12.1 Å². The molecule has 25 heavy (non-hydrogen) atoms. The number of sulfone groups is 1. The molecule has 0 bridgehead atoms. The van der Waals surface area contributed by atoms with Crippen LogP contribution in [0.5, 0.6) is 0 Å². The smallest absolute Gasteiger partial charge is 0.394 e. The second-order valence-electron chi connectivity index (χ2n) is 6.07. The zero-order valence-electron chi connectivity index (χ0n) is 13.2. The third-order valence-corrected chi connectivity index (χ3v) is 4.83. The number of carbonyl (C=O) groups is 2. The standard InChI is InChI=1S/C15H16F3NO5S/c1-25(23,24)8-9-2-4-10(5-3-9)13(20)19-6-11(14(21)22)12(7-19)15(16,17)18/h2-5,11-12H,6-8H2,1H3,(H,21,22)/t11-,12-/m1/s1. The molecule has 2 atom stereocenters. The summed E-state index contributed by atoms with van der Waals surface area (Å²) in [5.74, 6) is -6.35. The first-order valence-corrected chi connectivity index (χ1v) is 9.30. The Morgan fingerprint density at radius 2 is 1.76 bits per heavy atom. The van der Waals surface area contributed by atoms with Gasteiger partial charge < -0.3 is 10.0 Å². The summed E-state index contributed by atoms with van der Waals surface area (Å²) in [6.07, 6.45) is -3.66. The molecule has 0 aliphatic carbocycles. The molecule has 1 saturated heterocycles. The van der Waals surface area contributed by atoms with E-state index in [4.69, 9.17) is 5.11 Å². The fourth-order valence-electron chi connectivity index (χ4n) is 2.78. The summed E-state index contributed by atoms with van der Waals surface area (Å²) in [5.41, 5.74) is 0.515. The topological polar surface area (TPSA) is 91.8 Å². The lowest BCUT2D eigenvalue weighted by Gasteiger charge is -2.18. The summed E-state index contributed by atoms with van der Waals surface area (Å²) >= 11 is 0. The predicted octanol–water partition coefficient (Wildman–Crippen LogP) is 1.57. The summed E-state index contributed by atoms with van der Waals surface area (Å²) in [5, 5.41) is 8.97. The van der Waals surface area contributed by atoms with Crippen LogP contribution in [0.4, 0.5) is 13.2 Å². The number of hydrogen-bond acceptors (Lipinski definition) is 4. The molecule has 1 aromatic carbocycles.